The zero-order valence-electron chi connectivity index (χ0n) is 11.7. The number of amides is 1. The van der Waals surface area contributed by atoms with Crippen LogP contribution in [0, 0.1) is 5.41 Å². The van der Waals surface area contributed by atoms with Gasteiger partial charge in [0.2, 0.25) is 5.91 Å². The quantitative estimate of drug-likeness (QED) is 0.866. The molecular formula is C14H19N5O. The number of nitrogens with one attached hydrogen (secondary N) is 1. The summed E-state index contributed by atoms with van der Waals surface area (Å²) in [7, 11) is 0. The Labute approximate surface area is 118 Å². The Kier molecular flexibility index (Phi) is 4.14. The maximum atomic E-state index is 12.2. The number of hydrogen-bond donors (Lipinski definition) is 2. The van der Waals surface area contributed by atoms with Crippen LogP contribution in [0.15, 0.2) is 36.8 Å². The van der Waals surface area contributed by atoms with Crippen LogP contribution in [0.5, 0.6) is 0 Å². The third kappa shape index (κ3) is 2.85. The predicted octanol–water partition coefficient (Wildman–Crippen LogP) is 1.58. The number of carbonyl (C=O) groups excluding carboxylic acids is 1. The van der Waals surface area contributed by atoms with Gasteiger partial charge >= 0.3 is 0 Å². The molecule has 0 bridgehead atoms. The summed E-state index contributed by atoms with van der Waals surface area (Å²) >= 11 is 0. The van der Waals surface area contributed by atoms with E-state index in [1.807, 2.05) is 26.1 Å². The third-order valence-corrected chi connectivity index (χ3v) is 3.52. The molecule has 0 radical (unpaired) electrons. The molecule has 3 N–H and O–H groups in total. The standard InChI is InChI=1S/C14H19N5O/c1-3-14(2,10-15)13(20)18-11-5-6-12(16-9-11)19-8-4-7-17-19/h4-9H,3,10,15H2,1-2H3,(H,18,20). The largest absolute Gasteiger partial charge is 0.329 e. The minimum Gasteiger partial charge on any atom is -0.329 e. The predicted molar refractivity (Wildman–Crippen MR) is 77.4 cm³/mol. The van der Waals surface area contributed by atoms with Crippen LogP contribution in [-0.4, -0.2) is 27.2 Å². The summed E-state index contributed by atoms with van der Waals surface area (Å²) in [5.41, 5.74) is 5.77. The fourth-order valence-corrected chi connectivity index (χ4v) is 1.68. The molecule has 2 aromatic rings. The zero-order valence-corrected chi connectivity index (χ0v) is 11.7. The van der Waals surface area contributed by atoms with Crippen LogP contribution in [0.2, 0.25) is 0 Å². The lowest BCUT2D eigenvalue weighted by atomic mass is 9.86. The van der Waals surface area contributed by atoms with E-state index in [1.54, 1.807) is 29.2 Å². The maximum Gasteiger partial charge on any atom is 0.231 e. The number of carbonyl (C=O) groups is 1. The fraction of sp³-hybridized carbons (Fsp3) is 0.357. The van der Waals surface area contributed by atoms with Crippen molar-refractivity contribution in [1.29, 1.82) is 0 Å². The van der Waals surface area contributed by atoms with E-state index in [0.717, 1.165) is 0 Å². The minimum absolute atomic E-state index is 0.0869. The number of nitrogens with zero attached hydrogens (tertiary/aromatic N) is 3. The Morgan fingerprint density at radius 1 is 1.50 bits per heavy atom. The number of rotatable bonds is 5. The van der Waals surface area contributed by atoms with E-state index in [1.165, 1.54) is 0 Å². The molecule has 1 atom stereocenters. The van der Waals surface area contributed by atoms with Crippen molar-refractivity contribution in [2.45, 2.75) is 20.3 Å². The SMILES string of the molecule is CCC(C)(CN)C(=O)Nc1ccc(-n2cccn2)nc1. The Hall–Kier alpha value is -2.21. The molecule has 2 heterocycles. The lowest BCUT2D eigenvalue weighted by Gasteiger charge is -2.24. The first-order valence-electron chi connectivity index (χ1n) is 6.56. The Morgan fingerprint density at radius 2 is 2.30 bits per heavy atom. The molecule has 6 nitrogen and oxygen atoms in total. The Bertz CT molecular complexity index is 558. The van der Waals surface area contributed by atoms with E-state index in [2.05, 4.69) is 15.4 Å². The van der Waals surface area contributed by atoms with Crippen LogP contribution in [0.3, 0.4) is 0 Å². The van der Waals surface area contributed by atoms with E-state index >= 15 is 0 Å². The molecule has 2 rings (SSSR count). The third-order valence-electron chi connectivity index (χ3n) is 3.52. The molecule has 0 aliphatic rings. The molecule has 1 amide bonds. The molecule has 0 fully saturated rings. The summed E-state index contributed by atoms with van der Waals surface area (Å²) in [6.45, 7) is 4.12. The number of hydrogen-bond acceptors (Lipinski definition) is 4. The van der Waals surface area contributed by atoms with Crippen LogP contribution >= 0.6 is 0 Å². The lowest BCUT2D eigenvalue weighted by molar-refractivity contribution is -0.124. The van der Waals surface area contributed by atoms with Crippen molar-refractivity contribution in [2.75, 3.05) is 11.9 Å². The average molecular weight is 273 g/mol. The molecule has 1 unspecified atom stereocenters. The summed E-state index contributed by atoms with van der Waals surface area (Å²) in [6.07, 6.45) is 5.80. The topological polar surface area (TPSA) is 85.8 Å². The van der Waals surface area contributed by atoms with Gasteiger partial charge < -0.3 is 11.1 Å². The Morgan fingerprint density at radius 3 is 2.80 bits per heavy atom. The highest BCUT2D eigenvalue weighted by Crippen LogP contribution is 2.21. The summed E-state index contributed by atoms with van der Waals surface area (Å²) in [5.74, 6) is 0.612. The number of pyridine rings is 1. The van der Waals surface area contributed by atoms with Gasteiger partial charge in [0, 0.05) is 18.9 Å². The van der Waals surface area contributed by atoms with Gasteiger partial charge in [0.1, 0.15) is 0 Å². The van der Waals surface area contributed by atoms with Gasteiger partial charge in [-0.05, 0) is 31.5 Å². The molecule has 6 heteroatoms. The van der Waals surface area contributed by atoms with Gasteiger partial charge in [-0.15, -0.1) is 0 Å². The van der Waals surface area contributed by atoms with Crippen molar-refractivity contribution in [3.05, 3.63) is 36.8 Å². The second-order valence-electron chi connectivity index (χ2n) is 4.93. The zero-order chi connectivity index (χ0) is 14.6. The first kappa shape index (κ1) is 14.2. The van der Waals surface area contributed by atoms with Gasteiger partial charge in [0.05, 0.1) is 17.3 Å². The van der Waals surface area contributed by atoms with Gasteiger partial charge in [-0.3, -0.25) is 4.79 Å². The van der Waals surface area contributed by atoms with Crippen LogP contribution < -0.4 is 11.1 Å². The first-order chi connectivity index (χ1) is 9.59. The Balaban J connectivity index is 2.10. The van der Waals surface area contributed by atoms with Crippen molar-refractivity contribution < 1.29 is 4.79 Å². The van der Waals surface area contributed by atoms with Gasteiger partial charge in [-0.1, -0.05) is 6.92 Å². The number of anilines is 1. The highest BCUT2D eigenvalue weighted by Gasteiger charge is 2.29. The maximum absolute atomic E-state index is 12.2. The molecule has 0 spiro atoms. The highest BCUT2D eigenvalue weighted by molar-refractivity contribution is 5.95. The summed E-state index contributed by atoms with van der Waals surface area (Å²) < 4.78 is 1.65. The van der Waals surface area contributed by atoms with Crippen LogP contribution in [0.4, 0.5) is 5.69 Å². The van der Waals surface area contributed by atoms with Crippen molar-refractivity contribution in [1.82, 2.24) is 14.8 Å². The summed E-state index contributed by atoms with van der Waals surface area (Å²) in [6, 6.07) is 5.42. The van der Waals surface area contributed by atoms with Gasteiger partial charge in [0.25, 0.3) is 0 Å². The van der Waals surface area contributed by atoms with Crippen LogP contribution in [0.1, 0.15) is 20.3 Å². The highest BCUT2D eigenvalue weighted by atomic mass is 16.2. The molecule has 2 aromatic heterocycles. The van der Waals surface area contributed by atoms with Crippen LogP contribution in [-0.2, 0) is 4.79 Å². The van der Waals surface area contributed by atoms with Crippen molar-refractivity contribution in [2.24, 2.45) is 11.1 Å². The molecule has 20 heavy (non-hydrogen) atoms. The first-order valence-corrected chi connectivity index (χ1v) is 6.56. The second kappa shape index (κ2) is 5.83. The summed E-state index contributed by atoms with van der Waals surface area (Å²) in [4.78, 5) is 16.4. The molecule has 0 saturated heterocycles. The molecule has 0 aliphatic heterocycles. The fourth-order valence-electron chi connectivity index (χ4n) is 1.68. The minimum atomic E-state index is -0.555. The van der Waals surface area contributed by atoms with E-state index in [0.29, 0.717) is 24.5 Å². The number of nitrogens with two attached hydrogens (primary N) is 1. The molecular weight excluding hydrogens is 254 g/mol. The molecule has 0 aromatic carbocycles. The molecule has 0 aliphatic carbocycles. The lowest BCUT2D eigenvalue weighted by Crippen LogP contribution is -2.39. The van der Waals surface area contributed by atoms with E-state index in [4.69, 9.17) is 5.73 Å². The van der Waals surface area contributed by atoms with E-state index in [-0.39, 0.29) is 5.91 Å². The van der Waals surface area contributed by atoms with E-state index < -0.39 is 5.41 Å². The van der Waals surface area contributed by atoms with E-state index in [9.17, 15) is 4.79 Å². The second-order valence-corrected chi connectivity index (χ2v) is 4.93. The van der Waals surface area contributed by atoms with Crippen molar-refractivity contribution >= 4 is 11.6 Å². The van der Waals surface area contributed by atoms with Crippen LogP contribution in [0.25, 0.3) is 5.82 Å². The van der Waals surface area contributed by atoms with Gasteiger partial charge in [-0.25, -0.2) is 9.67 Å². The normalized spacial score (nSPS) is 13.8. The van der Waals surface area contributed by atoms with Crippen molar-refractivity contribution in [3.8, 4) is 5.82 Å². The van der Waals surface area contributed by atoms with Gasteiger partial charge in [0.15, 0.2) is 5.82 Å². The average Bonchev–Trinajstić information content (AvgIpc) is 3.01. The monoisotopic (exact) mass is 273 g/mol. The summed E-state index contributed by atoms with van der Waals surface area (Å²) in [5, 5.41) is 6.94. The van der Waals surface area contributed by atoms with Gasteiger partial charge in [-0.2, -0.15) is 5.10 Å². The molecule has 0 saturated carbocycles. The van der Waals surface area contributed by atoms with Crippen molar-refractivity contribution in [3.63, 3.8) is 0 Å². The molecule has 106 valence electrons. The number of aromatic nitrogens is 3. The smallest absolute Gasteiger partial charge is 0.231 e.